The molecule has 2 aliphatic rings. The van der Waals surface area contributed by atoms with E-state index in [-0.39, 0.29) is 10.8 Å². The first-order chi connectivity index (χ1) is 16.4. The van der Waals surface area contributed by atoms with E-state index in [9.17, 15) is 13.2 Å². The van der Waals surface area contributed by atoms with Gasteiger partial charge in [-0.3, -0.25) is 9.48 Å². The molecule has 3 aromatic rings. The van der Waals surface area contributed by atoms with Crippen LogP contribution < -0.4 is 0 Å². The molecule has 3 heterocycles. The SMILES string of the molecule is Cn1nc(CN(Cc2ccco2)C(=O)c2ccc(S(=O)(=O)N3CCOCC3)cc2)c2c1CCC2. The molecule has 5 rings (SSSR count). The van der Waals surface area contributed by atoms with Crippen molar-refractivity contribution in [3.63, 3.8) is 0 Å². The van der Waals surface area contributed by atoms with Crippen LogP contribution in [0, 0.1) is 0 Å². The third kappa shape index (κ3) is 4.40. The molecular weight excluding hydrogens is 456 g/mol. The van der Waals surface area contributed by atoms with E-state index >= 15 is 0 Å². The molecule has 1 fully saturated rings. The molecule has 0 unspecified atom stereocenters. The summed E-state index contributed by atoms with van der Waals surface area (Å²) in [6.45, 7) is 2.08. The van der Waals surface area contributed by atoms with Gasteiger partial charge in [-0.25, -0.2) is 8.42 Å². The van der Waals surface area contributed by atoms with Crippen LogP contribution in [0.25, 0.3) is 0 Å². The Bertz CT molecular complexity index is 1260. The average molecular weight is 485 g/mol. The summed E-state index contributed by atoms with van der Waals surface area (Å²) >= 11 is 0. The number of furan rings is 1. The van der Waals surface area contributed by atoms with Crippen LogP contribution in [-0.4, -0.2) is 59.6 Å². The summed E-state index contributed by atoms with van der Waals surface area (Å²) in [5, 5.41) is 4.67. The molecule has 0 spiro atoms. The summed E-state index contributed by atoms with van der Waals surface area (Å²) in [7, 11) is -1.67. The van der Waals surface area contributed by atoms with E-state index in [0.29, 0.717) is 50.7 Å². The second-order valence-electron chi connectivity index (χ2n) is 8.63. The van der Waals surface area contributed by atoms with Crippen LogP contribution in [0.2, 0.25) is 0 Å². The number of nitrogens with zero attached hydrogens (tertiary/aromatic N) is 4. The second-order valence-corrected chi connectivity index (χ2v) is 10.6. The number of aryl methyl sites for hydroxylation is 1. The Balaban J connectivity index is 1.39. The maximum absolute atomic E-state index is 13.5. The zero-order valence-corrected chi connectivity index (χ0v) is 20.0. The molecule has 9 nitrogen and oxygen atoms in total. The van der Waals surface area contributed by atoms with Crippen molar-refractivity contribution in [3.05, 3.63) is 70.9 Å². The van der Waals surface area contributed by atoms with Gasteiger partial charge in [0.15, 0.2) is 0 Å². The minimum atomic E-state index is -3.62. The van der Waals surface area contributed by atoms with Crippen molar-refractivity contribution >= 4 is 15.9 Å². The maximum Gasteiger partial charge on any atom is 0.254 e. The molecule has 0 bridgehead atoms. The molecule has 180 valence electrons. The summed E-state index contributed by atoms with van der Waals surface area (Å²) in [5.74, 6) is 0.469. The fourth-order valence-corrected chi connectivity index (χ4v) is 6.09. The highest BCUT2D eigenvalue weighted by atomic mass is 32.2. The summed E-state index contributed by atoms with van der Waals surface area (Å²) in [5.41, 5.74) is 3.78. The molecule has 1 aliphatic heterocycles. The lowest BCUT2D eigenvalue weighted by Crippen LogP contribution is -2.40. The quantitative estimate of drug-likeness (QED) is 0.511. The van der Waals surface area contributed by atoms with E-state index in [1.807, 2.05) is 17.8 Å². The van der Waals surface area contributed by atoms with Gasteiger partial charge >= 0.3 is 0 Å². The molecule has 0 radical (unpaired) electrons. The van der Waals surface area contributed by atoms with Gasteiger partial charge in [0.05, 0.1) is 43.2 Å². The number of amides is 1. The lowest BCUT2D eigenvalue weighted by atomic mass is 10.1. The second kappa shape index (κ2) is 9.36. The van der Waals surface area contributed by atoms with Crippen molar-refractivity contribution < 1.29 is 22.4 Å². The van der Waals surface area contributed by atoms with Gasteiger partial charge in [-0.2, -0.15) is 9.40 Å². The van der Waals surface area contributed by atoms with Crippen molar-refractivity contribution in [2.45, 2.75) is 37.2 Å². The van der Waals surface area contributed by atoms with Gasteiger partial charge in [-0.05, 0) is 61.2 Å². The first-order valence-electron chi connectivity index (χ1n) is 11.5. The highest BCUT2D eigenvalue weighted by Crippen LogP contribution is 2.27. The Kier molecular flexibility index (Phi) is 6.28. The monoisotopic (exact) mass is 484 g/mol. The summed E-state index contributed by atoms with van der Waals surface area (Å²) in [6.07, 6.45) is 4.65. The number of carbonyl (C=O) groups excluding carboxylic acids is 1. The third-order valence-electron chi connectivity index (χ3n) is 6.46. The molecule has 0 atom stereocenters. The fourth-order valence-electron chi connectivity index (χ4n) is 4.68. The van der Waals surface area contributed by atoms with E-state index < -0.39 is 10.0 Å². The predicted octanol–water partition coefficient (Wildman–Crippen LogP) is 2.37. The zero-order valence-electron chi connectivity index (χ0n) is 19.1. The van der Waals surface area contributed by atoms with Crippen molar-refractivity contribution in [1.29, 1.82) is 0 Å². The molecule has 1 aliphatic carbocycles. The highest BCUT2D eigenvalue weighted by Gasteiger charge is 2.28. The normalized spacial score (nSPS) is 16.5. The number of hydrogen-bond acceptors (Lipinski definition) is 6. The number of rotatable bonds is 7. The fraction of sp³-hybridized carbons (Fsp3) is 0.417. The molecule has 2 aromatic heterocycles. The number of benzene rings is 1. The van der Waals surface area contributed by atoms with Gasteiger partial charge in [0, 0.05) is 31.4 Å². The zero-order chi connectivity index (χ0) is 23.7. The van der Waals surface area contributed by atoms with Crippen molar-refractivity contribution in [2.75, 3.05) is 26.3 Å². The maximum atomic E-state index is 13.5. The predicted molar refractivity (Wildman–Crippen MR) is 124 cm³/mol. The topological polar surface area (TPSA) is 97.9 Å². The first-order valence-corrected chi connectivity index (χ1v) is 12.9. The molecule has 0 saturated carbocycles. The van der Waals surface area contributed by atoms with E-state index in [1.54, 1.807) is 29.4 Å². The van der Waals surface area contributed by atoms with Crippen molar-refractivity contribution in [2.24, 2.45) is 7.05 Å². The first kappa shape index (κ1) is 22.8. The largest absolute Gasteiger partial charge is 0.467 e. The van der Waals surface area contributed by atoms with Gasteiger partial charge in [0.2, 0.25) is 10.0 Å². The molecule has 1 aromatic carbocycles. The number of hydrogen-bond donors (Lipinski definition) is 0. The van der Waals surface area contributed by atoms with E-state index in [2.05, 4.69) is 5.10 Å². The van der Waals surface area contributed by atoms with Gasteiger partial charge in [0.1, 0.15) is 5.76 Å². The lowest BCUT2D eigenvalue weighted by molar-refractivity contribution is 0.0714. The number of aromatic nitrogens is 2. The summed E-state index contributed by atoms with van der Waals surface area (Å²) in [4.78, 5) is 15.4. The molecular formula is C24H28N4O5S. The average Bonchev–Trinajstić information content (AvgIpc) is 3.60. The van der Waals surface area contributed by atoms with Crippen molar-refractivity contribution in [1.82, 2.24) is 19.0 Å². The van der Waals surface area contributed by atoms with Crippen LogP contribution in [0.1, 0.15) is 39.5 Å². The number of ether oxygens (including phenoxy) is 1. The number of carbonyl (C=O) groups is 1. The molecule has 0 N–H and O–H groups in total. The number of sulfonamides is 1. The van der Waals surface area contributed by atoms with Gasteiger partial charge in [0.25, 0.3) is 5.91 Å². The smallest absolute Gasteiger partial charge is 0.254 e. The van der Waals surface area contributed by atoms with Crippen molar-refractivity contribution in [3.8, 4) is 0 Å². The molecule has 34 heavy (non-hydrogen) atoms. The Morgan fingerprint density at radius 3 is 2.56 bits per heavy atom. The molecule has 1 amide bonds. The van der Waals surface area contributed by atoms with Crippen LogP contribution in [0.3, 0.4) is 0 Å². The van der Waals surface area contributed by atoms with Crippen LogP contribution in [0.4, 0.5) is 0 Å². The third-order valence-corrected chi connectivity index (χ3v) is 8.37. The minimum Gasteiger partial charge on any atom is -0.467 e. The van der Waals surface area contributed by atoms with Gasteiger partial charge in [-0.1, -0.05) is 0 Å². The number of morpholine rings is 1. The Morgan fingerprint density at radius 2 is 1.85 bits per heavy atom. The standard InChI is InChI=1S/C24H28N4O5S/c1-26-23-6-2-5-21(23)22(25-26)17-27(16-19-4-3-13-33-19)24(29)18-7-9-20(10-8-18)34(30,31)28-11-14-32-15-12-28/h3-4,7-10,13H,2,5-6,11-12,14-17H2,1H3. The highest BCUT2D eigenvalue weighted by molar-refractivity contribution is 7.89. The van der Waals surface area contributed by atoms with Crippen LogP contribution in [0.15, 0.2) is 52.0 Å². The van der Waals surface area contributed by atoms with Gasteiger partial charge in [-0.15, -0.1) is 0 Å². The Morgan fingerprint density at radius 1 is 1.09 bits per heavy atom. The molecule has 1 saturated heterocycles. The summed E-state index contributed by atoms with van der Waals surface area (Å²) < 4.78 is 39.9. The van der Waals surface area contributed by atoms with Gasteiger partial charge < -0.3 is 14.1 Å². The Hall–Kier alpha value is -2.95. The van der Waals surface area contributed by atoms with E-state index in [1.165, 1.54) is 27.7 Å². The van der Waals surface area contributed by atoms with Crippen LogP contribution in [-0.2, 0) is 47.7 Å². The van der Waals surface area contributed by atoms with Crippen LogP contribution in [0.5, 0.6) is 0 Å². The van der Waals surface area contributed by atoms with Crippen LogP contribution >= 0.6 is 0 Å². The number of fused-ring (bicyclic) bond motifs is 1. The summed E-state index contributed by atoms with van der Waals surface area (Å²) in [6, 6.07) is 9.79. The minimum absolute atomic E-state index is 0.172. The van der Waals surface area contributed by atoms with E-state index in [4.69, 9.17) is 9.15 Å². The van der Waals surface area contributed by atoms with E-state index in [0.717, 1.165) is 25.0 Å². The lowest BCUT2D eigenvalue weighted by Gasteiger charge is -2.26. The Labute approximate surface area is 199 Å². The molecule has 10 heteroatoms.